The Kier molecular flexibility index (Phi) is 6.07. The molecule has 1 fully saturated rings. The summed E-state index contributed by atoms with van der Waals surface area (Å²) in [6, 6.07) is 19.0. The van der Waals surface area contributed by atoms with Gasteiger partial charge in [0, 0.05) is 0 Å². The van der Waals surface area contributed by atoms with Gasteiger partial charge in [0.1, 0.15) is 0 Å². The molecule has 2 aromatic rings. The van der Waals surface area contributed by atoms with Crippen LogP contribution < -0.4 is 0 Å². The van der Waals surface area contributed by atoms with Crippen LogP contribution in [0.2, 0.25) is 0 Å². The van der Waals surface area contributed by atoms with E-state index in [1.54, 1.807) is 0 Å². The third-order valence-corrected chi connectivity index (χ3v) is 5.36. The molecule has 0 radical (unpaired) electrons. The highest BCUT2D eigenvalue weighted by Crippen LogP contribution is 2.37. The number of nitriles is 1. The Morgan fingerprint density at radius 2 is 1.52 bits per heavy atom. The third kappa shape index (κ3) is 4.60. The molecule has 1 aliphatic rings. The fraction of sp³-hybridized carbons (Fsp3) is 0.375. The molecule has 0 heterocycles. The van der Waals surface area contributed by atoms with Gasteiger partial charge in [-0.05, 0) is 72.8 Å². The lowest BCUT2D eigenvalue weighted by Gasteiger charge is -2.27. The number of unbranched alkanes of at least 4 members (excludes halogenated alkanes) is 1. The molecular formula is C24H27N. The molecule has 1 saturated carbocycles. The number of hydrogen-bond donors (Lipinski definition) is 0. The molecule has 25 heavy (non-hydrogen) atoms. The Labute approximate surface area is 152 Å². The van der Waals surface area contributed by atoms with Crippen LogP contribution in [0.15, 0.2) is 60.7 Å². The van der Waals surface area contributed by atoms with Crippen molar-refractivity contribution < 1.29 is 0 Å². The van der Waals surface area contributed by atoms with Crippen molar-refractivity contribution in [2.45, 2.75) is 51.4 Å². The second-order valence-electron chi connectivity index (χ2n) is 7.14. The van der Waals surface area contributed by atoms with Gasteiger partial charge in [0.15, 0.2) is 0 Å². The van der Waals surface area contributed by atoms with E-state index >= 15 is 0 Å². The minimum Gasteiger partial charge on any atom is -0.192 e. The number of nitrogens with zero attached hydrogens (tertiary/aromatic N) is 1. The van der Waals surface area contributed by atoms with Gasteiger partial charge in [-0.3, -0.25) is 0 Å². The first-order chi connectivity index (χ1) is 12.3. The van der Waals surface area contributed by atoms with Gasteiger partial charge in [0.05, 0.1) is 11.6 Å². The van der Waals surface area contributed by atoms with Crippen LogP contribution in [0.5, 0.6) is 0 Å². The summed E-state index contributed by atoms with van der Waals surface area (Å²) in [4.78, 5) is 0. The molecule has 128 valence electrons. The smallest absolute Gasteiger partial charge is 0.0991 e. The summed E-state index contributed by atoms with van der Waals surface area (Å²) in [6.45, 7) is 2.24. The average molecular weight is 329 g/mol. The lowest BCUT2D eigenvalue weighted by molar-refractivity contribution is 0.375. The highest BCUT2D eigenvalue weighted by atomic mass is 14.3. The van der Waals surface area contributed by atoms with E-state index in [1.807, 2.05) is 24.3 Å². The standard InChI is InChI=1S/C24H27N/c1-2-3-4-5-19-6-10-21(11-7-19)23-14-16-24(17-15-23)22-12-8-20(18-25)9-13-22/h4-5,8-9,12-17,19,21H,2-3,6-7,10-11H2,1H3/b5-4+/t19-,21-. The molecule has 1 nitrogen and oxygen atoms in total. The van der Waals surface area contributed by atoms with Crippen LogP contribution in [0.4, 0.5) is 0 Å². The van der Waals surface area contributed by atoms with Gasteiger partial charge in [-0.15, -0.1) is 0 Å². The van der Waals surface area contributed by atoms with E-state index in [4.69, 9.17) is 5.26 Å². The van der Waals surface area contributed by atoms with E-state index in [9.17, 15) is 0 Å². The van der Waals surface area contributed by atoms with Crippen molar-refractivity contribution in [1.82, 2.24) is 0 Å². The Hall–Kier alpha value is -2.33. The van der Waals surface area contributed by atoms with Crippen LogP contribution in [-0.2, 0) is 0 Å². The van der Waals surface area contributed by atoms with Gasteiger partial charge in [-0.2, -0.15) is 5.26 Å². The highest BCUT2D eigenvalue weighted by Gasteiger charge is 2.20. The van der Waals surface area contributed by atoms with E-state index in [1.165, 1.54) is 55.2 Å². The monoisotopic (exact) mass is 329 g/mol. The predicted molar refractivity (Wildman–Crippen MR) is 105 cm³/mol. The number of rotatable bonds is 5. The van der Waals surface area contributed by atoms with Crippen LogP contribution >= 0.6 is 0 Å². The Morgan fingerprint density at radius 1 is 0.920 bits per heavy atom. The van der Waals surface area contributed by atoms with Crippen molar-refractivity contribution >= 4 is 0 Å². The van der Waals surface area contributed by atoms with Crippen molar-refractivity contribution in [1.29, 1.82) is 5.26 Å². The summed E-state index contributed by atoms with van der Waals surface area (Å²) in [5.74, 6) is 1.51. The summed E-state index contributed by atoms with van der Waals surface area (Å²) < 4.78 is 0. The van der Waals surface area contributed by atoms with Crippen LogP contribution in [-0.4, -0.2) is 0 Å². The molecule has 0 unspecified atom stereocenters. The Bertz CT molecular complexity index is 723. The number of hydrogen-bond acceptors (Lipinski definition) is 1. The van der Waals surface area contributed by atoms with Gasteiger partial charge >= 0.3 is 0 Å². The van der Waals surface area contributed by atoms with Gasteiger partial charge in [0.25, 0.3) is 0 Å². The van der Waals surface area contributed by atoms with Crippen molar-refractivity contribution in [3.63, 3.8) is 0 Å². The van der Waals surface area contributed by atoms with Crippen molar-refractivity contribution in [2.75, 3.05) is 0 Å². The van der Waals surface area contributed by atoms with Crippen molar-refractivity contribution in [3.05, 3.63) is 71.8 Å². The van der Waals surface area contributed by atoms with E-state index in [0.717, 1.165) is 5.92 Å². The summed E-state index contributed by atoms with van der Waals surface area (Å²) in [5, 5.41) is 8.90. The minimum absolute atomic E-state index is 0.713. The summed E-state index contributed by atoms with van der Waals surface area (Å²) in [6.07, 6.45) is 12.5. The second-order valence-corrected chi connectivity index (χ2v) is 7.14. The van der Waals surface area contributed by atoms with Gasteiger partial charge in [-0.1, -0.05) is 61.9 Å². The quantitative estimate of drug-likeness (QED) is 0.550. The van der Waals surface area contributed by atoms with Crippen LogP contribution in [0.25, 0.3) is 11.1 Å². The van der Waals surface area contributed by atoms with E-state index in [2.05, 4.69) is 49.4 Å². The maximum absolute atomic E-state index is 8.90. The van der Waals surface area contributed by atoms with E-state index in [-0.39, 0.29) is 0 Å². The molecule has 1 heteroatoms. The first-order valence-corrected chi connectivity index (χ1v) is 9.57. The van der Waals surface area contributed by atoms with Crippen molar-refractivity contribution in [3.8, 4) is 17.2 Å². The summed E-state index contributed by atoms with van der Waals surface area (Å²) in [7, 11) is 0. The van der Waals surface area contributed by atoms with E-state index < -0.39 is 0 Å². The zero-order valence-corrected chi connectivity index (χ0v) is 15.1. The molecule has 0 amide bonds. The molecule has 0 saturated heterocycles. The molecule has 0 aromatic heterocycles. The molecular weight excluding hydrogens is 302 g/mol. The first-order valence-electron chi connectivity index (χ1n) is 9.57. The maximum Gasteiger partial charge on any atom is 0.0991 e. The first kappa shape index (κ1) is 17.5. The van der Waals surface area contributed by atoms with Crippen LogP contribution in [0.3, 0.4) is 0 Å². The number of benzene rings is 2. The number of allylic oxidation sites excluding steroid dienone is 2. The highest BCUT2D eigenvalue weighted by molar-refractivity contribution is 5.64. The average Bonchev–Trinajstić information content (AvgIpc) is 2.69. The van der Waals surface area contributed by atoms with Crippen LogP contribution in [0, 0.1) is 17.2 Å². The normalized spacial score (nSPS) is 20.5. The zero-order chi connectivity index (χ0) is 17.5. The van der Waals surface area contributed by atoms with Gasteiger partial charge < -0.3 is 0 Å². The van der Waals surface area contributed by atoms with Crippen molar-refractivity contribution in [2.24, 2.45) is 5.92 Å². The van der Waals surface area contributed by atoms with E-state index in [0.29, 0.717) is 11.5 Å². The fourth-order valence-corrected chi connectivity index (χ4v) is 3.79. The molecule has 0 N–H and O–H groups in total. The summed E-state index contributed by atoms with van der Waals surface area (Å²) in [5.41, 5.74) is 4.60. The zero-order valence-electron chi connectivity index (χ0n) is 15.1. The SMILES string of the molecule is CCC/C=C/[C@H]1CC[C@H](c2ccc(-c3ccc(C#N)cc3)cc2)CC1. The Balaban J connectivity index is 1.60. The van der Waals surface area contributed by atoms with Crippen LogP contribution in [0.1, 0.15) is 62.5 Å². The second kappa shape index (κ2) is 8.67. The molecule has 3 rings (SSSR count). The van der Waals surface area contributed by atoms with Gasteiger partial charge in [0.2, 0.25) is 0 Å². The third-order valence-electron chi connectivity index (χ3n) is 5.36. The van der Waals surface area contributed by atoms with Gasteiger partial charge in [-0.25, -0.2) is 0 Å². The lowest BCUT2D eigenvalue weighted by Crippen LogP contribution is -2.11. The molecule has 0 aliphatic heterocycles. The predicted octanol–water partition coefficient (Wildman–Crippen LogP) is 6.86. The molecule has 0 atom stereocenters. The molecule has 0 bridgehead atoms. The lowest BCUT2D eigenvalue weighted by atomic mass is 9.78. The molecule has 2 aromatic carbocycles. The topological polar surface area (TPSA) is 23.8 Å². The molecule has 0 spiro atoms. The minimum atomic E-state index is 0.713. The maximum atomic E-state index is 8.90. The molecule has 1 aliphatic carbocycles. The Morgan fingerprint density at radius 3 is 2.08 bits per heavy atom. The summed E-state index contributed by atoms with van der Waals surface area (Å²) >= 11 is 0. The largest absolute Gasteiger partial charge is 0.192 e. The fourth-order valence-electron chi connectivity index (χ4n) is 3.79.